The molecular weight excluding hydrogens is 243 g/mol. The summed E-state index contributed by atoms with van der Waals surface area (Å²) in [5.41, 5.74) is 1.21. The van der Waals surface area contributed by atoms with Crippen LogP contribution in [0.4, 0.5) is 13.2 Å². The normalized spacial score (nSPS) is 11.5. The van der Waals surface area contributed by atoms with E-state index < -0.39 is 18.8 Å². The largest absolute Gasteiger partial charge is 0.371 e. The molecule has 0 saturated heterocycles. The molecule has 0 radical (unpaired) electrons. The van der Waals surface area contributed by atoms with E-state index in [1.807, 2.05) is 13.8 Å². The van der Waals surface area contributed by atoms with Crippen LogP contribution < -0.4 is 5.32 Å². The van der Waals surface area contributed by atoms with Crippen molar-refractivity contribution >= 4 is 0 Å². The first-order valence-electron chi connectivity index (χ1n) is 5.85. The summed E-state index contributed by atoms with van der Waals surface area (Å²) in [6.07, 6.45) is -2.53. The number of hydrogen-bond donors (Lipinski definition) is 1. The Labute approximate surface area is 105 Å². The fourth-order valence-electron chi connectivity index (χ4n) is 1.43. The summed E-state index contributed by atoms with van der Waals surface area (Å²) in [5.74, 6) is -0.433. The van der Waals surface area contributed by atoms with Gasteiger partial charge in [0.15, 0.2) is 0 Å². The minimum Gasteiger partial charge on any atom is -0.371 e. The van der Waals surface area contributed by atoms with Gasteiger partial charge >= 0.3 is 0 Å². The van der Waals surface area contributed by atoms with Crippen molar-refractivity contribution in [3.05, 3.63) is 35.1 Å². The molecular formula is C13H18F3NO. The van der Waals surface area contributed by atoms with Gasteiger partial charge < -0.3 is 10.1 Å². The van der Waals surface area contributed by atoms with Crippen molar-refractivity contribution in [1.29, 1.82) is 0 Å². The third-order valence-corrected chi connectivity index (χ3v) is 2.33. The highest BCUT2D eigenvalue weighted by Gasteiger charge is 2.07. The van der Waals surface area contributed by atoms with Gasteiger partial charge in [-0.15, -0.1) is 0 Å². The van der Waals surface area contributed by atoms with Gasteiger partial charge in [0, 0.05) is 18.2 Å². The van der Waals surface area contributed by atoms with Crippen LogP contribution in [0.1, 0.15) is 25.0 Å². The quantitative estimate of drug-likeness (QED) is 0.814. The first kappa shape index (κ1) is 15.0. The molecule has 0 heterocycles. The van der Waals surface area contributed by atoms with Gasteiger partial charge in [-0.2, -0.15) is 0 Å². The van der Waals surface area contributed by atoms with Gasteiger partial charge in [0.2, 0.25) is 0 Å². The minimum atomic E-state index is -2.53. The van der Waals surface area contributed by atoms with Gasteiger partial charge in [-0.25, -0.2) is 13.2 Å². The first-order valence-corrected chi connectivity index (χ1v) is 5.85. The van der Waals surface area contributed by atoms with Gasteiger partial charge in [0.1, 0.15) is 12.4 Å². The van der Waals surface area contributed by atoms with Crippen LogP contribution in [0.15, 0.2) is 18.2 Å². The van der Waals surface area contributed by atoms with E-state index >= 15 is 0 Å². The number of halogens is 3. The highest BCUT2D eigenvalue weighted by atomic mass is 19.3. The average Bonchev–Trinajstić information content (AvgIpc) is 2.29. The van der Waals surface area contributed by atoms with Gasteiger partial charge in [-0.05, 0) is 17.7 Å². The number of rotatable bonds is 7. The lowest BCUT2D eigenvalue weighted by Gasteiger charge is -2.10. The molecule has 1 rings (SSSR count). The van der Waals surface area contributed by atoms with Crippen LogP contribution in [0.5, 0.6) is 0 Å². The van der Waals surface area contributed by atoms with Crippen molar-refractivity contribution in [1.82, 2.24) is 5.32 Å². The Hall–Kier alpha value is -1.07. The van der Waals surface area contributed by atoms with E-state index in [0.717, 1.165) is 5.56 Å². The minimum absolute atomic E-state index is 0.133. The summed E-state index contributed by atoms with van der Waals surface area (Å²) in [5, 5.41) is 3.20. The van der Waals surface area contributed by atoms with Gasteiger partial charge in [0.25, 0.3) is 6.43 Å². The molecule has 0 aliphatic heterocycles. The second-order valence-electron chi connectivity index (χ2n) is 4.37. The molecule has 18 heavy (non-hydrogen) atoms. The van der Waals surface area contributed by atoms with Crippen LogP contribution in [0.2, 0.25) is 0 Å². The molecule has 0 spiro atoms. The highest BCUT2D eigenvalue weighted by molar-refractivity contribution is 5.24. The zero-order chi connectivity index (χ0) is 13.5. The lowest BCUT2D eigenvalue weighted by atomic mass is 10.1. The molecule has 0 atom stereocenters. The van der Waals surface area contributed by atoms with Crippen molar-refractivity contribution in [2.45, 2.75) is 39.5 Å². The SMILES string of the molecule is CC(C)NCc1ccc(F)c(COCC(F)F)c1. The topological polar surface area (TPSA) is 21.3 Å². The number of ether oxygens (including phenoxy) is 1. The second-order valence-corrected chi connectivity index (χ2v) is 4.37. The number of hydrogen-bond acceptors (Lipinski definition) is 2. The Balaban J connectivity index is 2.57. The molecule has 102 valence electrons. The lowest BCUT2D eigenvalue weighted by Crippen LogP contribution is -2.21. The lowest BCUT2D eigenvalue weighted by molar-refractivity contribution is 0.00900. The molecule has 0 bridgehead atoms. The standard InChI is InChI=1S/C13H18F3NO/c1-9(2)17-6-10-3-4-12(14)11(5-10)7-18-8-13(15)16/h3-5,9,13,17H,6-8H2,1-2H3. The van der Waals surface area contributed by atoms with Gasteiger partial charge in [-0.1, -0.05) is 19.9 Å². The Morgan fingerprint density at radius 3 is 2.61 bits per heavy atom. The Bertz CT molecular complexity index is 369. The molecule has 5 heteroatoms. The summed E-state index contributed by atoms with van der Waals surface area (Å²) < 4.78 is 41.9. The van der Waals surface area contributed by atoms with Crippen molar-refractivity contribution in [2.75, 3.05) is 6.61 Å². The van der Waals surface area contributed by atoms with E-state index in [9.17, 15) is 13.2 Å². The molecule has 0 fully saturated rings. The Kier molecular flexibility index (Phi) is 6.15. The van der Waals surface area contributed by atoms with Crippen LogP contribution in [-0.4, -0.2) is 19.1 Å². The Morgan fingerprint density at radius 1 is 1.28 bits per heavy atom. The predicted molar refractivity (Wildman–Crippen MR) is 64.0 cm³/mol. The van der Waals surface area contributed by atoms with Crippen LogP contribution in [0, 0.1) is 5.82 Å². The van der Waals surface area contributed by atoms with E-state index in [4.69, 9.17) is 4.74 Å². The molecule has 1 N–H and O–H groups in total. The molecule has 0 unspecified atom stereocenters. The van der Waals surface area contributed by atoms with Gasteiger partial charge in [-0.3, -0.25) is 0 Å². The molecule has 0 amide bonds. The van der Waals surface area contributed by atoms with E-state index in [1.165, 1.54) is 6.07 Å². The van der Waals surface area contributed by atoms with E-state index in [2.05, 4.69) is 5.32 Å². The number of alkyl halides is 2. The molecule has 0 saturated carbocycles. The number of benzene rings is 1. The zero-order valence-corrected chi connectivity index (χ0v) is 10.6. The van der Waals surface area contributed by atoms with Crippen molar-refractivity contribution in [3.63, 3.8) is 0 Å². The maximum Gasteiger partial charge on any atom is 0.261 e. The second kappa shape index (κ2) is 7.38. The monoisotopic (exact) mass is 261 g/mol. The van der Waals surface area contributed by atoms with Gasteiger partial charge in [0.05, 0.1) is 6.61 Å². The molecule has 0 aliphatic rings. The molecule has 0 aliphatic carbocycles. The van der Waals surface area contributed by atoms with Crippen molar-refractivity contribution in [2.24, 2.45) is 0 Å². The summed E-state index contributed by atoms with van der Waals surface area (Å²) in [6, 6.07) is 4.96. The first-order chi connectivity index (χ1) is 8.49. The molecule has 0 aromatic heterocycles. The van der Waals surface area contributed by atoms with Crippen LogP contribution in [-0.2, 0) is 17.9 Å². The smallest absolute Gasteiger partial charge is 0.261 e. The van der Waals surface area contributed by atoms with Crippen LogP contribution >= 0.6 is 0 Å². The third kappa shape index (κ3) is 5.51. The van der Waals surface area contributed by atoms with E-state index in [1.54, 1.807) is 12.1 Å². The fourth-order valence-corrected chi connectivity index (χ4v) is 1.43. The average molecular weight is 261 g/mol. The van der Waals surface area contributed by atoms with Crippen LogP contribution in [0.3, 0.4) is 0 Å². The highest BCUT2D eigenvalue weighted by Crippen LogP contribution is 2.12. The van der Waals surface area contributed by atoms with E-state index in [0.29, 0.717) is 18.2 Å². The molecule has 1 aromatic carbocycles. The fraction of sp³-hybridized carbons (Fsp3) is 0.538. The van der Waals surface area contributed by atoms with Crippen molar-refractivity contribution < 1.29 is 17.9 Å². The van der Waals surface area contributed by atoms with Crippen molar-refractivity contribution in [3.8, 4) is 0 Å². The third-order valence-electron chi connectivity index (χ3n) is 2.33. The summed E-state index contributed by atoms with van der Waals surface area (Å²) in [7, 11) is 0. The Morgan fingerprint density at radius 2 is 2.00 bits per heavy atom. The number of nitrogens with one attached hydrogen (secondary N) is 1. The van der Waals surface area contributed by atoms with Crippen LogP contribution in [0.25, 0.3) is 0 Å². The summed E-state index contributed by atoms with van der Waals surface area (Å²) in [6.45, 7) is 3.83. The maximum atomic E-state index is 13.4. The zero-order valence-electron chi connectivity index (χ0n) is 10.6. The maximum absolute atomic E-state index is 13.4. The predicted octanol–water partition coefficient (Wildman–Crippen LogP) is 3.11. The summed E-state index contributed by atoms with van der Waals surface area (Å²) >= 11 is 0. The summed E-state index contributed by atoms with van der Waals surface area (Å²) in [4.78, 5) is 0. The van der Waals surface area contributed by atoms with E-state index in [-0.39, 0.29) is 6.61 Å². The molecule has 2 nitrogen and oxygen atoms in total. The molecule has 1 aromatic rings.